The fourth-order valence-electron chi connectivity index (χ4n) is 3.65. The molecule has 10 heteroatoms. The molecule has 0 N–H and O–H groups in total. The van der Waals surface area contributed by atoms with Crippen LogP contribution in [0.1, 0.15) is 41.1 Å². The number of Topliss-reactive ketones (excluding diaryl/α,β-unsaturated/α-hetero) is 1. The van der Waals surface area contributed by atoms with Crippen LogP contribution in [0.25, 0.3) is 0 Å². The van der Waals surface area contributed by atoms with Crippen molar-refractivity contribution in [1.29, 1.82) is 0 Å². The number of carbonyl (C=O) groups is 2. The molecule has 176 valence electrons. The fourth-order valence-corrected chi connectivity index (χ4v) is 4.90. The highest BCUT2D eigenvalue weighted by Gasteiger charge is 2.36. The van der Waals surface area contributed by atoms with E-state index >= 15 is 0 Å². The Kier molecular flexibility index (Phi) is 6.70. The zero-order valence-corrected chi connectivity index (χ0v) is 20.1. The van der Waals surface area contributed by atoms with Gasteiger partial charge in [-0.05, 0) is 48.9 Å². The van der Waals surface area contributed by atoms with Crippen LogP contribution in [0.5, 0.6) is 0 Å². The minimum absolute atomic E-state index is 0.0119. The summed E-state index contributed by atoms with van der Waals surface area (Å²) in [6.45, 7) is 0.976. The summed E-state index contributed by atoms with van der Waals surface area (Å²) in [6, 6.07) is 15.7. The molecule has 4 rings (SSSR count). The molecule has 1 atom stereocenters. The van der Waals surface area contributed by atoms with E-state index in [1.165, 1.54) is 49.5 Å². The molecular formula is C24H22ClN3O5S. The van der Waals surface area contributed by atoms with Crippen molar-refractivity contribution in [2.45, 2.75) is 24.3 Å². The Labute approximate surface area is 202 Å². The van der Waals surface area contributed by atoms with Crippen molar-refractivity contribution in [2.75, 3.05) is 13.6 Å². The number of likely N-dealkylation sites (N-methyl/N-ethyl adjacent to an activating group) is 1. The molecular weight excluding hydrogens is 478 g/mol. The highest BCUT2D eigenvalue weighted by molar-refractivity contribution is 7.89. The van der Waals surface area contributed by atoms with Crippen molar-refractivity contribution in [2.24, 2.45) is 5.10 Å². The molecule has 3 aromatic rings. The lowest BCUT2D eigenvalue weighted by Crippen LogP contribution is -2.39. The molecule has 2 aromatic carbocycles. The lowest BCUT2D eigenvalue weighted by molar-refractivity contribution is -0.133. The quantitative estimate of drug-likeness (QED) is 0.455. The Hall–Kier alpha value is -3.27. The SMILES string of the molecule is CC(=O)c1ccc(S(=O)(=O)N(C)CC(=O)N2N=C(c3ccc(Cl)cc3)CC2c2ccco2)cc1. The minimum Gasteiger partial charge on any atom is -0.467 e. The van der Waals surface area contributed by atoms with E-state index in [0.717, 1.165) is 9.87 Å². The molecule has 2 heterocycles. The lowest BCUT2D eigenvalue weighted by atomic mass is 10.0. The zero-order valence-electron chi connectivity index (χ0n) is 18.5. The first-order valence-corrected chi connectivity index (χ1v) is 12.2. The molecule has 1 aromatic heterocycles. The minimum atomic E-state index is -3.96. The number of furan rings is 1. The summed E-state index contributed by atoms with van der Waals surface area (Å²) in [4.78, 5) is 24.7. The second-order valence-corrected chi connectivity index (χ2v) is 10.4. The third kappa shape index (κ3) is 4.82. The third-order valence-electron chi connectivity index (χ3n) is 5.54. The smallest absolute Gasteiger partial charge is 0.258 e. The summed E-state index contributed by atoms with van der Waals surface area (Å²) >= 11 is 5.98. The topological polar surface area (TPSA) is 100 Å². The number of ketones is 1. The number of hydrogen-bond acceptors (Lipinski definition) is 6. The lowest BCUT2D eigenvalue weighted by Gasteiger charge is -2.23. The first-order chi connectivity index (χ1) is 16.2. The number of hydrazone groups is 1. The summed E-state index contributed by atoms with van der Waals surface area (Å²) in [5.74, 6) is -0.122. The molecule has 8 nitrogen and oxygen atoms in total. The number of sulfonamides is 1. The second-order valence-electron chi connectivity index (χ2n) is 7.87. The van der Waals surface area contributed by atoms with Crippen LogP contribution in [-0.4, -0.2) is 48.7 Å². The Morgan fingerprint density at radius 1 is 1.12 bits per heavy atom. The zero-order chi connectivity index (χ0) is 24.5. The van der Waals surface area contributed by atoms with Crippen molar-refractivity contribution in [3.63, 3.8) is 0 Å². The van der Waals surface area contributed by atoms with Crippen LogP contribution in [-0.2, 0) is 14.8 Å². The van der Waals surface area contributed by atoms with Crippen LogP contribution in [0.15, 0.2) is 81.3 Å². The van der Waals surface area contributed by atoms with Gasteiger partial charge in [0.05, 0.1) is 23.4 Å². The number of carbonyl (C=O) groups excluding carboxylic acids is 2. The number of hydrogen-bond donors (Lipinski definition) is 0. The normalized spacial score (nSPS) is 16.1. The van der Waals surface area contributed by atoms with Gasteiger partial charge in [0, 0.05) is 24.1 Å². The maximum absolute atomic E-state index is 13.2. The van der Waals surface area contributed by atoms with Crippen LogP contribution < -0.4 is 0 Å². The van der Waals surface area contributed by atoms with Gasteiger partial charge in [0.15, 0.2) is 5.78 Å². The molecule has 0 aliphatic carbocycles. The Balaban J connectivity index is 1.57. The highest BCUT2D eigenvalue weighted by Crippen LogP contribution is 2.33. The molecule has 0 fully saturated rings. The molecule has 0 bridgehead atoms. The van der Waals surface area contributed by atoms with Crippen molar-refractivity contribution in [1.82, 2.24) is 9.31 Å². The number of amides is 1. The number of halogens is 1. The molecule has 1 aliphatic heterocycles. The monoisotopic (exact) mass is 499 g/mol. The summed E-state index contributed by atoms with van der Waals surface area (Å²) in [7, 11) is -2.63. The van der Waals surface area contributed by atoms with Crippen LogP contribution in [0.2, 0.25) is 5.02 Å². The van der Waals surface area contributed by atoms with Gasteiger partial charge in [-0.15, -0.1) is 0 Å². The van der Waals surface area contributed by atoms with Gasteiger partial charge in [-0.1, -0.05) is 35.9 Å². The van der Waals surface area contributed by atoms with Gasteiger partial charge in [0.2, 0.25) is 10.0 Å². The maximum atomic E-state index is 13.2. The summed E-state index contributed by atoms with van der Waals surface area (Å²) in [6.07, 6.45) is 1.92. The molecule has 0 saturated heterocycles. The Morgan fingerprint density at radius 3 is 2.38 bits per heavy atom. The van der Waals surface area contributed by atoms with Crippen molar-refractivity contribution < 1.29 is 22.4 Å². The average molecular weight is 500 g/mol. The molecule has 0 spiro atoms. The molecule has 0 radical (unpaired) electrons. The van der Waals surface area contributed by atoms with E-state index < -0.39 is 28.5 Å². The fraction of sp³-hybridized carbons (Fsp3) is 0.208. The van der Waals surface area contributed by atoms with E-state index in [1.54, 1.807) is 24.3 Å². The highest BCUT2D eigenvalue weighted by atomic mass is 35.5. The predicted octanol–water partition coefficient (Wildman–Crippen LogP) is 4.13. The summed E-state index contributed by atoms with van der Waals surface area (Å²) in [5, 5.41) is 6.36. The largest absolute Gasteiger partial charge is 0.467 e. The molecule has 1 aliphatic rings. The Morgan fingerprint density at radius 2 is 1.79 bits per heavy atom. The first kappa shape index (κ1) is 23.9. The summed E-state index contributed by atoms with van der Waals surface area (Å²) in [5.41, 5.74) is 1.87. The van der Waals surface area contributed by atoms with Gasteiger partial charge >= 0.3 is 0 Å². The van der Waals surface area contributed by atoms with Gasteiger partial charge in [-0.3, -0.25) is 9.59 Å². The van der Waals surface area contributed by atoms with Gasteiger partial charge in [0.25, 0.3) is 5.91 Å². The van der Waals surface area contributed by atoms with Gasteiger partial charge in [-0.25, -0.2) is 13.4 Å². The first-order valence-electron chi connectivity index (χ1n) is 10.4. The average Bonchev–Trinajstić information content (AvgIpc) is 3.49. The molecule has 1 amide bonds. The van der Waals surface area contributed by atoms with E-state index in [9.17, 15) is 18.0 Å². The van der Waals surface area contributed by atoms with Crippen LogP contribution in [0, 0.1) is 0 Å². The summed E-state index contributed by atoms with van der Waals surface area (Å²) < 4.78 is 32.5. The molecule has 1 unspecified atom stereocenters. The second kappa shape index (κ2) is 9.54. The number of nitrogens with zero attached hydrogens (tertiary/aromatic N) is 3. The molecule has 34 heavy (non-hydrogen) atoms. The van der Waals surface area contributed by atoms with Gasteiger partial charge in [0.1, 0.15) is 11.8 Å². The van der Waals surface area contributed by atoms with E-state index in [2.05, 4.69) is 5.10 Å². The van der Waals surface area contributed by atoms with Crippen LogP contribution in [0.4, 0.5) is 0 Å². The van der Waals surface area contributed by atoms with E-state index in [1.807, 2.05) is 12.1 Å². The number of benzene rings is 2. The van der Waals surface area contributed by atoms with Crippen LogP contribution >= 0.6 is 11.6 Å². The predicted molar refractivity (Wildman–Crippen MR) is 127 cm³/mol. The number of rotatable bonds is 7. The van der Waals surface area contributed by atoms with E-state index in [0.29, 0.717) is 28.5 Å². The third-order valence-corrected chi connectivity index (χ3v) is 7.61. The molecule has 0 saturated carbocycles. The Bertz CT molecular complexity index is 1330. The maximum Gasteiger partial charge on any atom is 0.258 e. The van der Waals surface area contributed by atoms with Crippen molar-refractivity contribution >= 4 is 39.0 Å². The van der Waals surface area contributed by atoms with Crippen molar-refractivity contribution in [3.05, 3.63) is 88.8 Å². The van der Waals surface area contributed by atoms with Crippen molar-refractivity contribution in [3.8, 4) is 0 Å². The van der Waals surface area contributed by atoms with E-state index in [-0.39, 0.29) is 10.7 Å². The van der Waals surface area contributed by atoms with Gasteiger partial charge in [-0.2, -0.15) is 9.41 Å². The van der Waals surface area contributed by atoms with Crippen LogP contribution in [0.3, 0.4) is 0 Å². The van der Waals surface area contributed by atoms with Gasteiger partial charge < -0.3 is 4.42 Å². The standard InChI is InChI=1S/C24H22ClN3O5S/c1-16(29)17-7-11-20(12-8-17)34(31,32)27(2)15-24(30)28-22(23-4-3-13-33-23)14-21(26-28)18-5-9-19(25)10-6-18/h3-13,22H,14-15H2,1-2H3. The van der Waals surface area contributed by atoms with E-state index in [4.69, 9.17) is 16.0 Å².